The number of allylic oxidation sites excluding steroid dienone is 2. The van der Waals surface area contributed by atoms with E-state index in [9.17, 15) is 9.59 Å². The van der Waals surface area contributed by atoms with Crippen LogP contribution in [0.3, 0.4) is 0 Å². The van der Waals surface area contributed by atoms with E-state index in [4.69, 9.17) is 9.84 Å². The second-order valence-corrected chi connectivity index (χ2v) is 3.60. The third-order valence-electron chi connectivity index (χ3n) is 2.51. The van der Waals surface area contributed by atoms with Crippen LogP contribution >= 0.6 is 0 Å². The molecule has 0 aromatic heterocycles. The lowest BCUT2D eigenvalue weighted by Crippen LogP contribution is -2.17. The number of aliphatic hydroxyl groups is 1. The van der Waals surface area contributed by atoms with Crippen LogP contribution in [0.2, 0.25) is 0 Å². The van der Waals surface area contributed by atoms with Gasteiger partial charge in [-0.3, -0.25) is 9.59 Å². The minimum Gasteiger partial charge on any atom is -0.463 e. The maximum absolute atomic E-state index is 11.3. The summed E-state index contributed by atoms with van der Waals surface area (Å²) in [5.74, 6) is -0.342. The molecule has 0 fully saturated rings. The molecule has 0 spiro atoms. The Morgan fingerprint density at radius 1 is 1.67 bits per heavy atom. The van der Waals surface area contributed by atoms with Crippen molar-refractivity contribution in [1.29, 1.82) is 0 Å². The highest BCUT2D eigenvalue weighted by molar-refractivity contribution is 5.77. The first-order valence-electron chi connectivity index (χ1n) is 5.19. The summed E-state index contributed by atoms with van der Waals surface area (Å²) in [5, 5.41) is 8.47. The highest BCUT2D eigenvalue weighted by Gasteiger charge is 2.20. The number of ether oxygens (including phenoxy) is 1. The van der Waals surface area contributed by atoms with Gasteiger partial charge in [-0.2, -0.15) is 0 Å². The zero-order valence-electron chi connectivity index (χ0n) is 8.65. The van der Waals surface area contributed by atoms with E-state index in [1.165, 1.54) is 0 Å². The van der Waals surface area contributed by atoms with E-state index in [0.29, 0.717) is 5.57 Å². The quantitative estimate of drug-likeness (QED) is 0.541. The molecule has 0 unspecified atom stereocenters. The molecule has 0 bridgehead atoms. The van der Waals surface area contributed by atoms with Crippen molar-refractivity contribution in [2.75, 3.05) is 13.2 Å². The fraction of sp³-hybridized carbons (Fsp3) is 0.636. The fourth-order valence-corrected chi connectivity index (χ4v) is 1.75. The van der Waals surface area contributed by atoms with Crippen LogP contribution < -0.4 is 0 Å². The molecule has 0 saturated heterocycles. The number of aliphatic hydroxyl groups excluding tert-OH is 1. The summed E-state index contributed by atoms with van der Waals surface area (Å²) >= 11 is 0. The van der Waals surface area contributed by atoms with Crippen LogP contribution in [0.4, 0.5) is 0 Å². The van der Waals surface area contributed by atoms with Crippen LogP contribution in [0.1, 0.15) is 25.7 Å². The Morgan fingerprint density at radius 2 is 2.47 bits per heavy atom. The van der Waals surface area contributed by atoms with Gasteiger partial charge in [-0.1, -0.05) is 6.08 Å². The topological polar surface area (TPSA) is 63.6 Å². The third kappa shape index (κ3) is 3.83. The van der Waals surface area contributed by atoms with Gasteiger partial charge in [0, 0.05) is 0 Å². The van der Waals surface area contributed by atoms with Crippen LogP contribution in [0.25, 0.3) is 0 Å². The molecule has 84 valence electrons. The Bertz CT molecular complexity index is 257. The van der Waals surface area contributed by atoms with Gasteiger partial charge < -0.3 is 9.84 Å². The average molecular weight is 212 g/mol. The molecule has 1 rings (SSSR count). The maximum atomic E-state index is 11.3. The minimum absolute atomic E-state index is 0.00226. The number of aldehydes is 1. The fourth-order valence-electron chi connectivity index (χ4n) is 1.75. The van der Waals surface area contributed by atoms with E-state index in [1.807, 2.05) is 6.08 Å². The summed E-state index contributed by atoms with van der Waals surface area (Å²) < 4.78 is 4.75. The molecule has 1 N–H and O–H groups in total. The van der Waals surface area contributed by atoms with Gasteiger partial charge in [-0.05, 0) is 30.8 Å². The van der Waals surface area contributed by atoms with Gasteiger partial charge in [0.2, 0.25) is 0 Å². The largest absolute Gasteiger partial charge is 0.463 e. The maximum Gasteiger partial charge on any atom is 0.306 e. The van der Waals surface area contributed by atoms with Gasteiger partial charge in [0.25, 0.3) is 0 Å². The Morgan fingerprint density at radius 3 is 3.13 bits per heavy atom. The lowest BCUT2D eigenvalue weighted by atomic mass is 9.86. The van der Waals surface area contributed by atoms with Crippen molar-refractivity contribution < 1.29 is 19.4 Å². The standard InChI is InChI=1S/C11H16O4/c12-5-6-15-11(14)7-9-3-1-2-4-10(9)8-13/h4,8-9,12H,1-3,5-7H2/t9-/m1/s1. The number of carbonyl (C=O) groups excluding carboxylic acids is 2. The van der Waals surface area contributed by atoms with Crippen LogP contribution in [0, 0.1) is 5.92 Å². The number of hydrogen-bond donors (Lipinski definition) is 1. The smallest absolute Gasteiger partial charge is 0.306 e. The van der Waals surface area contributed by atoms with Gasteiger partial charge in [0.05, 0.1) is 13.0 Å². The molecule has 4 nitrogen and oxygen atoms in total. The molecule has 15 heavy (non-hydrogen) atoms. The van der Waals surface area contributed by atoms with Crippen LogP contribution in [-0.2, 0) is 14.3 Å². The first kappa shape index (κ1) is 11.9. The predicted molar refractivity (Wildman–Crippen MR) is 54.1 cm³/mol. The normalized spacial score (nSPS) is 20.6. The SMILES string of the molecule is O=CC1=CCCC[C@@H]1CC(=O)OCCO. The Balaban J connectivity index is 2.42. The molecule has 1 aliphatic rings. The highest BCUT2D eigenvalue weighted by atomic mass is 16.5. The van der Waals surface area contributed by atoms with E-state index in [0.717, 1.165) is 25.5 Å². The Kier molecular flexibility index (Phi) is 5.04. The van der Waals surface area contributed by atoms with Crippen molar-refractivity contribution in [3.8, 4) is 0 Å². The second-order valence-electron chi connectivity index (χ2n) is 3.60. The molecule has 0 saturated carbocycles. The lowest BCUT2D eigenvalue weighted by Gasteiger charge is -2.19. The van der Waals surface area contributed by atoms with E-state index < -0.39 is 0 Å². The summed E-state index contributed by atoms with van der Waals surface area (Å²) in [6.45, 7) is -0.127. The molecule has 0 aromatic rings. The summed E-state index contributed by atoms with van der Waals surface area (Å²) in [4.78, 5) is 22.0. The number of esters is 1. The summed E-state index contributed by atoms with van der Waals surface area (Å²) in [5.41, 5.74) is 0.710. The van der Waals surface area contributed by atoms with Crippen molar-refractivity contribution in [3.63, 3.8) is 0 Å². The number of hydrogen-bond acceptors (Lipinski definition) is 4. The van der Waals surface area contributed by atoms with Crippen molar-refractivity contribution >= 4 is 12.3 Å². The lowest BCUT2D eigenvalue weighted by molar-refractivity contribution is -0.145. The van der Waals surface area contributed by atoms with Crippen molar-refractivity contribution in [1.82, 2.24) is 0 Å². The number of carbonyl (C=O) groups is 2. The van der Waals surface area contributed by atoms with Gasteiger partial charge in [0.1, 0.15) is 12.9 Å². The molecule has 0 amide bonds. The van der Waals surface area contributed by atoms with Crippen LogP contribution in [0.15, 0.2) is 11.6 Å². The van der Waals surface area contributed by atoms with Crippen molar-refractivity contribution in [2.24, 2.45) is 5.92 Å². The Labute approximate surface area is 88.9 Å². The second kappa shape index (κ2) is 6.35. The van der Waals surface area contributed by atoms with Gasteiger partial charge in [-0.25, -0.2) is 0 Å². The first-order valence-corrected chi connectivity index (χ1v) is 5.19. The molecular formula is C11H16O4. The molecule has 1 aliphatic carbocycles. The van der Waals surface area contributed by atoms with Crippen molar-refractivity contribution in [3.05, 3.63) is 11.6 Å². The van der Waals surface area contributed by atoms with Gasteiger partial charge in [-0.15, -0.1) is 0 Å². The van der Waals surface area contributed by atoms with Gasteiger partial charge >= 0.3 is 5.97 Å². The summed E-state index contributed by atoms with van der Waals surface area (Å²) in [6.07, 6.45) is 5.73. The number of rotatable bonds is 5. The van der Waals surface area contributed by atoms with Gasteiger partial charge in [0.15, 0.2) is 0 Å². The highest BCUT2D eigenvalue weighted by Crippen LogP contribution is 2.26. The van der Waals surface area contributed by atoms with E-state index in [1.54, 1.807) is 0 Å². The van der Waals surface area contributed by atoms with E-state index in [2.05, 4.69) is 0 Å². The monoisotopic (exact) mass is 212 g/mol. The van der Waals surface area contributed by atoms with Crippen molar-refractivity contribution in [2.45, 2.75) is 25.7 Å². The van der Waals surface area contributed by atoms with E-state index >= 15 is 0 Å². The molecule has 0 radical (unpaired) electrons. The summed E-state index contributed by atoms with van der Waals surface area (Å²) in [7, 11) is 0. The average Bonchev–Trinajstić information content (AvgIpc) is 2.27. The first-order chi connectivity index (χ1) is 7.27. The minimum atomic E-state index is -0.344. The van der Waals surface area contributed by atoms with Crippen LogP contribution in [-0.4, -0.2) is 30.6 Å². The molecule has 1 atom stereocenters. The molecule has 4 heteroatoms. The predicted octanol–water partition coefficient (Wildman–Crippen LogP) is 0.837. The third-order valence-corrected chi connectivity index (χ3v) is 2.51. The molecule has 0 heterocycles. The zero-order valence-corrected chi connectivity index (χ0v) is 8.65. The summed E-state index contributed by atoms with van der Waals surface area (Å²) in [6, 6.07) is 0. The van der Waals surface area contributed by atoms with Crippen LogP contribution in [0.5, 0.6) is 0 Å². The van der Waals surface area contributed by atoms with E-state index in [-0.39, 0.29) is 31.5 Å². The zero-order chi connectivity index (χ0) is 11.1. The molecule has 0 aliphatic heterocycles. The molecule has 0 aromatic carbocycles. The molecular weight excluding hydrogens is 196 g/mol. The Hall–Kier alpha value is -1.16.